The van der Waals surface area contributed by atoms with Gasteiger partial charge in [0, 0.05) is 6.20 Å². The van der Waals surface area contributed by atoms with Gasteiger partial charge in [-0.2, -0.15) is 4.80 Å². The molecular formula is C9H8ClN5O. The van der Waals surface area contributed by atoms with Crippen molar-refractivity contribution >= 4 is 17.4 Å². The smallest absolute Gasteiger partial charge is 0.188 e. The first kappa shape index (κ1) is 10.7. The lowest BCUT2D eigenvalue weighted by atomic mass is 10.2. The first-order valence-electron chi connectivity index (χ1n) is 4.53. The molecule has 0 saturated carbocycles. The summed E-state index contributed by atoms with van der Waals surface area (Å²) in [6.07, 6.45) is 1.52. The highest BCUT2D eigenvalue weighted by Crippen LogP contribution is 2.07. The van der Waals surface area contributed by atoms with E-state index in [1.165, 1.54) is 11.0 Å². The van der Waals surface area contributed by atoms with Crippen LogP contribution in [0.5, 0.6) is 0 Å². The van der Waals surface area contributed by atoms with E-state index in [0.29, 0.717) is 16.5 Å². The van der Waals surface area contributed by atoms with E-state index in [9.17, 15) is 4.79 Å². The van der Waals surface area contributed by atoms with Crippen LogP contribution >= 0.6 is 11.6 Å². The van der Waals surface area contributed by atoms with Crippen LogP contribution in [0.15, 0.2) is 18.3 Å². The molecule has 0 radical (unpaired) electrons. The first-order valence-corrected chi connectivity index (χ1v) is 4.90. The normalized spacial score (nSPS) is 10.4. The van der Waals surface area contributed by atoms with E-state index in [4.69, 9.17) is 11.6 Å². The molecule has 0 aliphatic carbocycles. The fourth-order valence-corrected chi connectivity index (χ4v) is 1.28. The van der Waals surface area contributed by atoms with Crippen molar-refractivity contribution in [2.24, 2.45) is 7.05 Å². The summed E-state index contributed by atoms with van der Waals surface area (Å²) in [6.45, 7) is 0. The number of nitrogens with zero attached hydrogens (tertiary/aromatic N) is 5. The fraction of sp³-hybridized carbons (Fsp3) is 0.222. The first-order chi connectivity index (χ1) is 7.65. The third-order valence-corrected chi connectivity index (χ3v) is 2.11. The average Bonchev–Trinajstić information content (AvgIpc) is 2.65. The van der Waals surface area contributed by atoms with Crippen LogP contribution < -0.4 is 0 Å². The van der Waals surface area contributed by atoms with Crippen molar-refractivity contribution < 1.29 is 4.79 Å². The van der Waals surface area contributed by atoms with E-state index < -0.39 is 0 Å². The number of hydrogen-bond donors (Lipinski definition) is 0. The van der Waals surface area contributed by atoms with E-state index in [2.05, 4.69) is 20.4 Å². The number of Topliss-reactive ketones (excluding diaryl/α,β-unsaturated/α-hetero) is 1. The van der Waals surface area contributed by atoms with Crippen LogP contribution in [0.2, 0.25) is 5.02 Å². The van der Waals surface area contributed by atoms with Crippen LogP contribution in [0, 0.1) is 0 Å². The molecule has 0 fully saturated rings. The highest BCUT2D eigenvalue weighted by molar-refractivity contribution is 6.30. The van der Waals surface area contributed by atoms with E-state index >= 15 is 0 Å². The zero-order valence-corrected chi connectivity index (χ0v) is 9.22. The molecule has 0 aromatic carbocycles. The summed E-state index contributed by atoms with van der Waals surface area (Å²) in [4.78, 5) is 16.9. The number of tetrazole rings is 1. The third-order valence-electron chi connectivity index (χ3n) is 1.88. The van der Waals surface area contributed by atoms with Crippen LogP contribution in [0.25, 0.3) is 0 Å². The van der Waals surface area contributed by atoms with Gasteiger partial charge in [-0.3, -0.25) is 9.78 Å². The molecule has 0 amide bonds. The van der Waals surface area contributed by atoms with Crippen molar-refractivity contribution in [2.75, 3.05) is 0 Å². The molecule has 6 nitrogen and oxygen atoms in total. The number of halogens is 1. The molecule has 2 rings (SSSR count). The number of aryl methyl sites for hydroxylation is 1. The Bertz CT molecular complexity index is 507. The predicted molar refractivity (Wildman–Crippen MR) is 56.1 cm³/mol. The van der Waals surface area contributed by atoms with Gasteiger partial charge >= 0.3 is 0 Å². The van der Waals surface area contributed by atoms with Crippen molar-refractivity contribution in [3.63, 3.8) is 0 Å². The summed E-state index contributed by atoms with van der Waals surface area (Å²) in [7, 11) is 1.64. The van der Waals surface area contributed by atoms with Gasteiger partial charge in [0.15, 0.2) is 11.6 Å². The number of rotatable bonds is 3. The second kappa shape index (κ2) is 4.36. The summed E-state index contributed by atoms with van der Waals surface area (Å²) in [6, 6.07) is 3.19. The minimum Gasteiger partial charge on any atom is -0.292 e. The van der Waals surface area contributed by atoms with Crippen molar-refractivity contribution in [2.45, 2.75) is 6.42 Å². The van der Waals surface area contributed by atoms with Crippen molar-refractivity contribution in [3.8, 4) is 0 Å². The maximum Gasteiger partial charge on any atom is 0.188 e. The molecule has 0 aliphatic rings. The van der Waals surface area contributed by atoms with Gasteiger partial charge in [-0.05, 0) is 17.3 Å². The van der Waals surface area contributed by atoms with Crippen LogP contribution in [-0.4, -0.2) is 31.0 Å². The predicted octanol–water partition coefficient (Wildman–Crippen LogP) is 0.684. The summed E-state index contributed by atoms with van der Waals surface area (Å²) in [5, 5.41) is 11.8. The second-order valence-electron chi connectivity index (χ2n) is 3.16. The summed E-state index contributed by atoms with van der Waals surface area (Å²) in [5.41, 5.74) is 0.344. The maximum absolute atomic E-state index is 11.7. The number of hydrogen-bond acceptors (Lipinski definition) is 5. The number of aromatic nitrogens is 5. The van der Waals surface area contributed by atoms with E-state index in [1.807, 2.05) is 0 Å². The Morgan fingerprint density at radius 1 is 1.50 bits per heavy atom. The zero-order chi connectivity index (χ0) is 11.5. The molecular weight excluding hydrogens is 230 g/mol. The lowest BCUT2D eigenvalue weighted by Gasteiger charge is -1.96. The summed E-state index contributed by atoms with van der Waals surface area (Å²) >= 11 is 5.67. The van der Waals surface area contributed by atoms with Gasteiger partial charge < -0.3 is 0 Å². The van der Waals surface area contributed by atoms with E-state index in [0.717, 1.165) is 0 Å². The van der Waals surface area contributed by atoms with Crippen LogP contribution in [0.3, 0.4) is 0 Å². The number of carbonyl (C=O) groups excluding carboxylic acids is 1. The summed E-state index contributed by atoms with van der Waals surface area (Å²) < 4.78 is 0. The monoisotopic (exact) mass is 237 g/mol. The van der Waals surface area contributed by atoms with Crippen LogP contribution in [0.1, 0.15) is 16.3 Å². The molecule has 0 saturated heterocycles. The van der Waals surface area contributed by atoms with Gasteiger partial charge in [-0.15, -0.1) is 10.2 Å². The Morgan fingerprint density at radius 3 is 2.88 bits per heavy atom. The molecule has 2 aromatic rings. The van der Waals surface area contributed by atoms with Crippen LogP contribution in [0.4, 0.5) is 0 Å². The van der Waals surface area contributed by atoms with Crippen molar-refractivity contribution in [1.82, 2.24) is 25.2 Å². The zero-order valence-electron chi connectivity index (χ0n) is 8.46. The maximum atomic E-state index is 11.7. The Balaban J connectivity index is 2.11. The topological polar surface area (TPSA) is 73.6 Å². The highest BCUT2D eigenvalue weighted by atomic mass is 35.5. The number of carbonyl (C=O) groups is 1. The van der Waals surface area contributed by atoms with Crippen LogP contribution in [-0.2, 0) is 13.5 Å². The third kappa shape index (κ3) is 2.40. The Hall–Kier alpha value is -1.82. The Labute approximate surface area is 96.3 Å². The molecule has 0 unspecified atom stereocenters. The van der Waals surface area contributed by atoms with Gasteiger partial charge in [0.05, 0.1) is 18.5 Å². The highest BCUT2D eigenvalue weighted by Gasteiger charge is 2.11. The molecule has 7 heteroatoms. The standard InChI is InChI=1S/C9H8ClN5O/c1-15-13-9(12-14-15)4-8(16)7-3-2-6(10)5-11-7/h2-3,5H,4H2,1H3. The molecule has 82 valence electrons. The number of ketones is 1. The van der Waals surface area contributed by atoms with E-state index in [-0.39, 0.29) is 12.2 Å². The largest absolute Gasteiger partial charge is 0.292 e. The lowest BCUT2D eigenvalue weighted by molar-refractivity contribution is 0.0986. The fourth-order valence-electron chi connectivity index (χ4n) is 1.17. The Morgan fingerprint density at radius 2 is 2.31 bits per heavy atom. The van der Waals surface area contributed by atoms with Gasteiger partial charge in [0.1, 0.15) is 5.69 Å². The SMILES string of the molecule is Cn1nnc(CC(=O)c2ccc(Cl)cn2)n1. The molecule has 0 N–H and O–H groups in total. The summed E-state index contributed by atoms with van der Waals surface area (Å²) in [5.74, 6) is 0.217. The molecule has 16 heavy (non-hydrogen) atoms. The molecule has 0 atom stereocenters. The molecule has 2 heterocycles. The number of pyridine rings is 1. The van der Waals surface area contributed by atoms with Gasteiger partial charge in [-0.25, -0.2) is 0 Å². The Kier molecular flexibility index (Phi) is 2.91. The van der Waals surface area contributed by atoms with Gasteiger partial charge in [0.2, 0.25) is 0 Å². The molecule has 0 bridgehead atoms. The molecule has 0 aliphatic heterocycles. The van der Waals surface area contributed by atoms with Crippen molar-refractivity contribution in [1.29, 1.82) is 0 Å². The quantitative estimate of drug-likeness (QED) is 0.734. The average molecular weight is 238 g/mol. The van der Waals surface area contributed by atoms with Gasteiger partial charge in [-0.1, -0.05) is 11.6 Å². The lowest BCUT2D eigenvalue weighted by Crippen LogP contribution is -2.07. The molecule has 0 spiro atoms. The van der Waals surface area contributed by atoms with Crippen molar-refractivity contribution in [3.05, 3.63) is 34.9 Å². The minimum atomic E-state index is -0.162. The van der Waals surface area contributed by atoms with Gasteiger partial charge in [0.25, 0.3) is 0 Å². The minimum absolute atomic E-state index is 0.0858. The van der Waals surface area contributed by atoms with E-state index in [1.54, 1.807) is 19.2 Å². The molecule has 2 aromatic heterocycles. The second-order valence-corrected chi connectivity index (χ2v) is 3.59.